The van der Waals surface area contributed by atoms with Crippen LogP contribution in [0, 0.1) is 19.8 Å². The van der Waals surface area contributed by atoms with E-state index in [0.29, 0.717) is 31.2 Å². The Morgan fingerprint density at radius 2 is 2.07 bits per heavy atom. The molecular weight excluding hydrogens is 346 g/mol. The maximum Gasteiger partial charge on any atom is 0.246 e. The molecular formula is C19H25N5O3. The van der Waals surface area contributed by atoms with Crippen LogP contribution in [0.2, 0.25) is 0 Å². The molecule has 8 heteroatoms. The third-order valence-corrected chi connectivity index (χ3v) is 4.73. The Labute approximate surface area is 158 Å². The molecule has 1 aromatic carbocycles. The second-order valence-corrected chi connectivity index (χ2v) is 6.80. The van der Waals surface area contributed by atoms with E-state index in [9.17, 15) is 9.59 Å². The van der Waals surface area contributed by atoms with Crippen molar-refractivity contribution >= 4 is 17.5 Å². The highest BCUT2D eigenvalue weighted by atomic mass is 16.5. The summed E-state index contributed by atoms with van der Waals surface area (Å²) in [4.78, 5) is 33.0. The van der Waals surface area contributed by atoms with Gasteiger partial charge in [0.25, 0.3) is 0 Å². The van der Waals surface area contributed by atoms with Gasteiger partial charge >= 0.3 is 0 Å². The lowest BCUT2D eigenvalue weighted by atomic mass is 10.1. The number of ether oxygens (including phenoxy) is 1. The first kappa shape index (κ1) is 18.9. The molecule has 0 aliphatic carbocycles. The zero-order valence-electron chi connectivity index (χ0n) is 16.2. The Hall–Kier alpha value is -2.90. The summed E-state index contributed by atoms with van der Waals surface area (Å²) >= 11 is 0. The molecule has 0 spiro atoms. The predicted octanol–water partition coefficient (Wildman–Crippen LogP) is 1.42. The third-order valence-electron chi connectivity index (χ3n) is 4.73. The Balaban J connectivity index is 1.63. The van der Waals surface area contributed by atoms with Crippen molar-refractivity contribution in [2.45, 2.75) is 27.3 Å². The van der Waals surface area contributed by atoms with Crippen molar-refractivity contribution < 1.29 is 14.3 Å². The number of carbonyl (C=O) groups excluding carboxylic acids is 2. The van der Waals surface area contributed by atoms with E-state index in [1.807, 2.05) is 45.0 Å². The summed E-state index contributed by atoms with van der Waals surface area (Å²) in [6.07, 6.45) is 0. The van der Waals surface area contributed by atoms with Crippen molar-refractivity contribution in [3.05, 3.63) is 35.9 Å². The van der Waals surface area contributed by atoms with Gasteiger partial charge in [-0.05, 0) is 26.0 Å². The van der Waals surface area contributed by atoms with Crippen molar-refractivity contribution in [3.63, 3.8) is 0 Å². The number of hydrogen-bond acceptors (Lipinski definition) is 5. The van der Waals surface area contributed by atoms with Gasteiger partial charge in [0.2, 0.25) is 11.8 Å². The molecule has 27 heavy (non-hydrogen) atoms. The van der Waals surface area contributed by atoms with Crippen molar-refractivity contribution in [3.8, 4) is 5.75 Å². The number of anilines is 1. The third kappa shape index (κ3) is 4.10. The molecule has 0 radical (unpaired) electrons. The normalized spacial score (nSPS) is 15.8. The first-order valence-corrected chi connectivity index (χ1v) is 9.00. The molecule has 1 aliphatic heterocycles. The molecule has 0 saturated carbocycles. The number of piperazine rings is 1. The van der Waals surface area contributed by atoms with Crippen molar-refractivity contribution in [1.82, 2.24) is 19.7 Å². The van der Waals surface area contributed by atoms with E-state index in [2.05, 4.69) is 10.1 Å². The fourth-order valence-corrected chi connectivity index (χ4v) is 3.30. The van der Waals surface area contributed by atoms with Crippen LogP contribution >= 0.6 is 0 Å². The zero-order valence-corrected chi connectivity index (χ0v) is 16.2. The summed E-state index contributed by atoms with van der Waals surface area (Å²) in [5.41, 5.74) is 0.785. The molecule has 2 heterocycles. The summed E-state index contributed by atoms with van der Waals surface area (Å²) in [6.45, 7) is 7.05. The molecule has 3 rings (SSSR count). The second kappa shape index (κ2) is 7.77. The summed E-state index contributed by atoms with van der Waals surface area (Å²) in [5.74, 6) is 1.76. The van der Waals surface area contributed by atoms with Crippen LogP contribution in [0.25, 0.3) is 0 Å². The smallest absolute Gasteiger partial charge is 0.246 e. The number of hydrogen-bond donors (Lipinski definition) is 0. The lowest BCUT2D eigenvalue weighted by Crippen LogP contribution is -2.53. The molecule has 1 saturated heterocycles. The highest BCUT2D eigenvalue weighted by Crippen LogP contribution is 2.23. The largest absolute Gasteiger partial charge is 0.497 e. The van der Waals surface area contributed by atoms with Crippen molar-refractivity contribution in [2.75, 3.05) is 31.6 Å². The van der Waals surface area contributed by atoms with Gasteiger partial charge in [-0.15, -0.1) is 0 Å². The highest BCUT2D eigenvalue weighted by molar-refractivity contribution is 5.98. The SMILES string of the molecule is COc1cccc(N2CCN(C(=O)[C@@H](C)Cn3nc(C)nc3C)CC2=O)c1. The molecule has 0 bridgehead atoms. The predicted molar refractivity (Wildman–Crippen MR) is 101 cm³/mol. The monoisotopic (exact) mass is 371 g/mol. The maximum absolute atomic E-state index is 12.8. The molecule has 1 aliphatic rings. The molecule has 8 nitrogen and oxygen atoms in total. The van der Waals surface area contributed by atoms with Gasteiger partial charge < -0.3 is 14.5 Å². The average Bonchev–Trinajstić information content (AvgIpc) is 2.97. The van der Waals surface area contributed by atoms with Crippen LogP contribution in [0.4, 0.5) is 5.69 Å². The van der Waals surface area contributed by atoms with E-state index in [4.69, 9.17) is 4.74 Å². The number of nitrogens with zero attached hydrogens (tertiary/aromatic N) is 5. The Bertz CT molecular complexity index is 848. The first-order chi connectivity index (χ1) is 12.9. The topological polar surface area (TPSA) is 80.6 Å². The minimum atomic E-state index is -0.277. The number of methoxy groups -OCH3 is 1. The molecule has 144 valence electrons. The Morgan fingerprint density at radius 1 is 1.30 bits per heavy atom. The van der Waals surface area contributed by atoms with E-state index in [1.54, 1.807) is 21.6 Å². The van der Waals surface area contributed by atoms with Crippen LogP contribution in [0.1, 0.15) is 18.6 Å². The molecule has 0 N–H and O–H groups in total. The van der Waals surface area contributed by atoms with Gasteiger partial charge in [0.05, 0.1) is 19.6 Å². The van der Waals surface area contributed by atoms with Gasteiger partial charge in [0.15, 0.2) is 0 Å². The van der Waals surface area contributed by atoms with E-state index < -0.39 is 0 Å². The number of carbonyl (C=O) groups is 2. The van der Waals surface area contributed by atoms with Gasteiger partial charge in [-0.1, -0.05) is 13.0 Å². The van der Waals surface area contributed by atoms with Gasteiger partial charge in [-0.2, -0.15) is 5.10 Å². The summed E-state index contributed by atoms with van der Waals surface area (Å²) in [5, 5.41) is 4.31. The van der Waals surface area contributed by atoms with Crippen LogP contribution in [0.3, 0.4) is 0 Å². The lowest BCUT2D eigenvalue weighted by molar-refractivity contribution is -0.140. The number of benzene rings is 1. The van der Waals surface area contributed by atoms with Gasteiger partial charge in [0.1, 0.15) is 23.9 Å². The van der Waals surface area contributed by atoms with E-state index in [0.717, 1.165) is 11.5 Å². The van der Waals surface area contributed by atoms with Gasteiger partial charge in [-0.3, -0.25) is 9.59 Å². The molecule has 1 aromatic heterocycles. The van der Waals surface area contributed by atoms with Gasteiger partial charge in [0, 0.05) is 24.8 Å². The number of aromatic nitrogens is 3. The minimum absolute atomic E-state index is 0.0406. The highest BCUT2D eigenvalue weighted by Gasteiger charge is 2.30. The van der Waals surface area contributed by atoms with Crippen molar-refractivity contribution in [2.24, 2.45) is 5.92 Å². The maximum atomic E-state index is 12.8. The standard InChI is InChI=1S/C19H25N5O3/c1-13(11-24-15(3)20-14(2)21-24)19(26)22-8-9-23(18(25)12-22)16-6-5-7-17(10-16)27-4/h5-7,10,13H,8-9,11-12H2,1-4H3/t13-/m0/s1. The van der Waals surface area contributed by atoms with E-state index in [-0.39, 0.29) is 24.3 Å². The van der Waals surface area contributed by atoms with Crippen LogP contribution in [0.15, 0.2) is 24.3 Å². The van der Waals surface area contributed by atoms with E-state index in [1.165, 1.54) is 0 Å². The first-order valence-electron chi connectivity index (χ1n) is 9.00. The molecule has 1 fully saturated rings. The zero-order chi connectivity index (χ0) is 19.6. The molecule has 0 unspecified atom stereocenters. The fraction of sp³-hybridized carbons (Fsp3) is 0.474. The average molecular weight is 371 g/mol. The van der Waals surface area contributed by atoms with Crippen LogP contribution in [0.5, 0.6) is 5.75 Å². The van der Waals surface area contributed by atoms with Crippen LogP contribution in [-0.2, 0) is 16.1 Å². The fourth-order valence-electron chi connectivity index (χ4n) is 3.30. The lowest BCUT2D eigenvalue weighted by Gasteiger charge is -2.35. The van der Waals surface area contributed by atoms with E-state index >= 15 is 0 Å². The second-order valence-electron chi connectivity index (χ2n) is 6.80. The van der Waals surface area contributed by atoms with Crippen molar-refractivity contribution in [1.29, 1.82) is 0 Å². The number of rotatable bonds is 5. The Kier molecular flexibility index (Phi) is 5.43. The quantitative estimate of drug-likeness (QED) is 0.794. The van der Waals surface area contributed by atoms with Gasteiger partial charge in [-0.25, -0.2) is 9.67 Å². The molecule has 2 amide bonds. The molecule has 2 aromatic rings. The molecule has 1 atom stereocenters. The number of aryl methyl sites for hydroxylation is 2. The minimum Gasteiger partial charge on any atom is -0.497 e. The Morgan fingerprint density at radius 3 is 2.70 bits per heavy atom. The number of amides is 2. The summed E-state index contributed by atoms with van der Waals surface area (Å²) in [7, 11) is 1.59. The summed E-state index contributed by atoms with van der Waals surface area (Å²) < 4.78 is 6.97. The summed E-state index contributed by atoms with van der Waals surface area (Å²) in [6, 6.07) is 7.39. The van der Waals surface area contributed by atoms with Crippen LogP contribution in [-0.4, -0.2) is 58.2 Å². The van der Waals surface area contributed by atoms with Crippen LogP contribution < -0.4 is 9.64 Å².